The second-order valence-electron chi connectivity index (χ2n) is 10.4. The first-order valence-corrected chi connectivity index (χ1v) is 15.0. The number of pyridine rings is 1. The van der Waals surface area contributed by atoms with Crippen LogP contribution in [0.3, 0.4) is 0 Å². The molecule has 0 N–H and O–H groups in total. The normalized spacial score (nSPS) is 11.3. The highest BCUT2D eigenvalue weighted by Crippen LogP contribution is 2.45. The predicted octanol–water partition coefficient (Wildman–Crippen LogP) is 11.4. The zero-order valence-corrected chi connectivity index (χ0v) is 23.6. The van der Waals surface area contributed by atoms with E-state index in [-0.39, 0.29) is 0 Å². The Labute approximate surface area is 248 Å². The number of rotatable bonds is 5. The van der Waals surface area contributed by atoms with Crippen molar-refractivity contribution < 1.29 is 0 Å². The van der Waals surface area contributed by atoms with Gasteiger partial charge in [-0.2, -0.15) is 0 Å². The molecule has 2 nitrogen and oxygen atoms in total. The van der Waals surface area contributed by atoms with Gasteiger partial charge in [-0.3, -0.25) is 0 Å². The molecule has 0 bridgehead atoms. The third-order valence-corrected chi connectivity index (χ3v) is 9.03. The third-order valence-electron chi connectivity index (χ3n) is 7.95. The zero-order chi connectivity index (χ0) is 27.9. The average Bonchev–Trinajstić information content (AvgIpc) is 3.45. The second kappa shape index (κ2) is 10.3. The van der Waals surface area contributed by atoms with Gasteiger partial charge in [-0.1, -0.05) is 103 Å². The summed E-state index contributed by atoms with van der Waals surface area (Å²) in [6.45, 7) is 0. The van der Waals surface area contributed by atoms with Gasteiger partial charge < -0.3 is 4.90 Å². The molecule has 2 aromatic heterocycles. The summed E-state index contributed by atoms with van der Waals surface area (Å²) < 4.78 is 1.24. The van der Waals surface area contributed by atoms with Crippen LogP contribution in [0.5, 0.6) is 0 Å². The summed E-state index contributed by atoms with van der Waals surface area (Å²) in [6.07, 6.45) is 1.88. The van der Waals surface area contributed by atoms with Crippen LogP contribution in [0.1, 0.15) is 0 Å². The molecule has 0 unspecified atom stereocenters. The molecule has 0 aliphatic carbocycles. The SMILES string of the molecule is c1ccc(-c2ccc(N(c3ccc(-c4cccc5ccccc45)cc3)c3cccc4sc5ncccc5c34)cc2)cc1. The molecule has 0 amide bonds. The maximum atomic E-state index is 4.68. The van der Waals surface area contributed by atoms with Crippen LogP contribution < -0.4 is 4.90 Å². The van der Waals surface area contributed by atoms with Crippen molar-refractivity contribution in [3.8, 4) is 22.3 Å². The maximum absolute atomic E-state index is 4.68. The molecule has 42 heavy (non-hydrogen) atoms. The first-order valence-electron chi connectivity index (χ1n) is 14.1. The van der Waals surface area contributed by atoms with Gasteiger partial charge in [0.15, 0.2) is 0 Å². The Morgan fingerprint density at radius 3 is 1.93 bits per heavy atom. The molecule has 3 heteroatoms. The number of fused-ring (bicyclic) bond motifs is 4. The lowest BCUT2D eigenvalue weighted by molar-refractivity contribution is 1.30. The van der Waals surface area contributed by atoms with Gasteiger partial charge in [-0.25, -0.2) is 4.98 Å². The molecular weight excluding hydrogens is 529 g/mol. The van der Waals surface area contributed by atoms with Crippen molar-refractivity contribution in [3.05, 3.63) is 158 Å². The second-order valence-corrected chi connectivity index (χ2v) is 11.5. The summed E-state index contributed by atoms with van der Waals surface area (Å²) in [4.78, 5) is 8.12. The van der Waals surface area contributed by atoms with E-state index in [1.165, 1.54) is 48.5 Å². The van der Waals surface area contributed by atoms with Crippen LogP contribution in [0.2, 0.25) is 0 Å². The lowest BCUT2D eigenvalue weighted by Gasteiger charge is -2.27. The van der Waals surface area contributed by atoms with Crippen LogP contribution in [0.4, 0.5) is 17.1 Å². The summed E-state index contributed by atoms with van der Waals surface area (Å²) in [5.74, 6) is 0. The monoisotopic (exact) mass is 554 g/mol. The molecule has 8 rings (SSSR count). The molecule has 0 atom stereocenters. The van der Waals surface area contributed by atoms with Crippen molar-refractivity contribution in [2.24, 2.45) is 0 Å². The first-order chi connectivity index (χ1) is 20.8. The topological polar surface area (TPSA) is 16.1 Å². The van der Waals surface area contributed by atoms with Gasteiger partial charge in [0.25, 0.3) is 0 Å². The van der Waals surface area contributed by atoms with E-state index in [0.717, 1.165) is 21.9 Å². The van der Waals surface area contributed by atoms with E-state index < -0.39 is 0 Å². The van der Waals surface area contributed by atoms with Crippen molar-refractivity contribution >= 4 is 59.5 Å². The molecule has 0 aliphatic heterocycles. The maximum Gasteiger partial charge on any atom is 0.124 e. The van der Waals surface area contributed by atoms with Crippen molar-refractivity contribution in [1.82, 2.24) is 4.98 Å². The minimum Gasteiger partial charge on any atom is -0.310 e. The Morgan fingerprint density at radius 2 is 1.12 bits per heavy atom. The van der Waals surface area contributed by atoms with Crippen LogP contribution in [-0.4, -0.2) is 4.98 Å². The third kappa shape index (κ3) is 4.23. The van der Waals surface area contributed by atoms with E-state index in [1.54, 1.807) is 11.3 Å². The van der Waals surface area contributed by atoms with E-state index in [9.17, 15) is 0 Å². The number of thiophene rings is 1. The van der Waals surface area contributed by atoms with Gasteiger partial charge in [0, 0.05) is 33.0 Å². The largest absolute Gasteiger partial charge is 0.310 e. The number of aromatic nitrogens is 1. The average molecular weight is 555 g/mol. The van der Waals surface area contributed by atoms with Gasteiger partial charge in [0.05, 0.1) is 5.69 Å². The molecule has 0 fully saturated rings. The Morgan fingerprint density at radius 1 is 0.476 bits per heavy atom. The minimum absolute atomic E-state index is 1.06. The standard InChI is InChI=1S/C39H26N2S/c1-2-9-27(10-3-1)28-18-22-31(23-19-28)41(36-16-7-17-37-38(36)35-15-8-26-40-39(35)42-37)32-24-20-30(21-25-32)34-14-6-12-29-11-4-5-13-33(29)34/h1-26H. The molecule has 2 heterocycles. The summed E-state index contributed by atoms with van der Waals surface area (Å²) in [5, 5.41) is 4.94. The van der Waals surface area contributed by atoms with Crippen LogP contribution in [0.15, 0.2) is 158 Å². The van der Waals surface area contributed by atoms with E-state index in [1.807, 2.05) is 12.3 Å². The van der Waals surface area contributed by atoms with Crippen molar-refractivity contribution in [1.29, 1.82) is 0 Å². The van der Waals surface area contributed by atoms with Crippen molar-refractivity contribution in [2.75, 3.05) is 4.90 Å². The lowest BCUT2D eigenvalue weighted by Crippen LogP contribution is -2.10. The number of hydrogen-bond donors (Lipinski definition) is 0. The van der Waals surface area contributed by atoms with E-state index >= 15 is 0 Å². The molecule has 0 saturated carbocycles. The molecule has 0 saturated heterocycles. The van der Waals surface area contributed by atoms with Gasteiger partial charge in [-0.05, 0) is 81.6 Å². The van der Waals surface area contributed by atoms with Crippen molar-refractivity contribution in [2.45, 2.75) is 0 Å². The summed E-state index contributed by atoms with van der Waals surface area (Å²) in [5.41, 5.74) is 8.25. The van der Waals surface area contributed by atoms with Crippen LogP contribution in [0, 0.1) is 0 Å². The van der Waals surface area contributed by atoms with Gasteiger partial charge in [0.1, 0.15) is 4.83 Å². The van der Waals surface area contributed by atoms with E-state index in [4.69, 9.17) is 0 Å². The Hall–Kier alpha value is -5.25. The highest BCUT2D eigenvalue weighted by atomic mass is 32.1. The number of anilines is 3. The molecule has 6 aromatic carbocycles. The van der Waals surface area contributed by atoms with Gasteiger partial charge >= 0.3 is 0 Å². The summed E-state index contributed by atoms with van der Waals surface area (Å²) in [7, 11) is 0. The van der Waals surface area contributed by atoms with Crippen molar-refractivity contribution in [3.63, 3.8) is 0 Å². The zero-order valence-electron chi connectivity index (χ0n) is 22.8. The molecule has 0 radical (unpaired) electrons. The number of benzene rings is 6. The summed E-state index contributed by atoms with van der Waals surface area (Å²) in [6, 6.07) is 54.3. The molecule has 8 aromatic rings. The smallest absolute Gasteiger partial charge is 0.124 e. The predicted molar refractivity (Wildman–Crippen MR) is 180 cm³/mol. The van der Waals surface area contributed by atoms with Crippen LogP contribution in [-0.2, 0) is 0 Å². The Balaban J connectivity index is 1.29. The molecule has 0 aliphatic rings. The quantitative estimate of drug-likeness (QED) is 0.210. The number of hydrogen-bond acceptors (Lipinski definition) is 3. The van der Waals surface area contributed by atoms with E-state index in [0.29, 0.717) is 0 Å². The van der Waals surface area contributed by atoms with Crippen LogP contribution in [0.25, 0.3) is 53.3 Å². The highest BCUT2D eigenvalue weighted by Gasteiger charge is 2.19. The Kier molecular flexibility index (Phi) is 6.02. The van der Waals surface area contributed by atoms with Gasteiger partial charge in [0.2, 0.25) is 0 Å². The van der Waals surface area contributed by atoms with Crippen LogP contribution >= 0.6 is 11.3 Å². The number of nitrogens with zero attached hydrogens (tertiary/aromatic N) is 2. The minimum atomic E-state index is 1.06. The van der Waals surface area contributed by atoms with E-state index in [2.05, 4.69) is 155 Å². The molecule has 198 valence electrons. The summed E-state index contributed by atoms with van der Waals surface area (Å²) >= 11 is 1.75. The lowest BCUT2D eigenvalue weighted by atomic mass is 9.98. The fourth-order valence-electron chi connectivity index (χ4n) is 5.96. The first kappa shape index (κ1) is 24.5. The Bertz CT molecular complexity index is 2170. The fraction of sp³-hybridized carbons (Fsp3) is 0. The molecule has 0 spiro atoms. The van der Waals surface area contributed by atoms with Gasteiger partial charge in [-0.15, -0.1) is 11.3 Å². The fourth-order valence-corrected chi connectivity index (χ4v) is 7.02. The highest BCUT2D eigenvalue weighted by molar-refractivity contribution is 7.25. The molecular formula is C39H26N2S.